The van der Waals surface area contributed by atoms with E-state index in [1.165, 1.54) is 11.8 Å². The van der Waals surface area contributed by atoms with E-state index in [4.69, 9.17) is 9.47 Å². The van der Waals surface area contributed by atoms with Gasteiger partial charge in [0.15, 0.2) is 12.7 Å². The van der Waals surface area contributed by atoms with Crippen LogP contribution in [-0.4, -0.2) is 43.6 Å². The molecular weight excluding hydrogens is 320 g/mol. The van der Waals surface area contributed by atoms with E-state index < -0.39 is 12.1 Å². The Kier molecular flexibility index (Phi) is 6.39. The molecule has 0 radical (unpaired) electrons. The standard InChI is InChI=1S/C19H22N2O4/c1-14(19(23)21(2)3)25-18(22)13-24-17-11-9-16(10-12-17)20-15-7-5-4-6-8-15/h4-12,14,20H,13H2,1-3H3/t14-/m0/s1. The third kappa shape index (κ3) is 5.84. The summed E-state index contributed by atoms with van der Waals surface area (Å²) >= 11 is 0. The summed E-state index contributed by atoms with van der Waals surface area (Å²) in [5.74, 6) is -0.318. The molecule has 0 spiro atoms. The van der Waals surface area contributed by atoms with Crippen LogP contribution in [-0.2, 0) is 14.3 Å². The van der Waals surface area contributed by atoms with E-state index >= 15 is 0 Å². The number of hydrogen-bond donors (Lipinski definition) is 1. The Morgan fingerprint density at radius 1 is 1.00 bits per heavy atom. The van der Waals surface area contributed by atoms with Gasteiger partial charge in [-0.1, -0.05) is 18.2 Å². The summed E-state index contributed by atoms with van der Waals surface area (Å²) in [6, 6.07) is 17.0. The number of anilines is 2. The van der Waals surface area contributed by atoms with Crippen LogP contribution in [0.25, 0.3) is 0 Å². The minimum atomic E-state index is -0.830. The number of nitrogens with zero attached hydrogens (tertiary/aromatic N) is 1. The van der Waals surface area contributed by atoms with Gasteiger partial charge in [-0.2, -0.15) is 0 Å². The number of hydrogen-bond acceptors (Lipinski definition) is 5. The molecule has 0 aliphatic heterocycles. The van der Waals surface area contributed by atoms with Crippen molar-refractivity contribution in [2.24, 2.45) is 0 Å². The fourth-order valence-corrected chi connectivity index (χ4v) is 2.11. The van der Waals surface area contributed by atoms with E-state index in [1.54, 1.807) is 26.2 Å². The molecule has 0 aromatic heterocycles. The molecule has 0 heterocycles. The first kappa shape index (κ1) is 18.3. The summed E-state index contributed by atoms with van der Waals surface area (Å²) in [4.78, 5) is 24.7. The molecule has 0 bridgehead atoms. The fourth-order valence-electron chi connectivity index (χ4n) is 2.11. The Bertz CT molecular complexity index is 699. The van der Waals surface area contributed by atoms with Crippen molar-refractivity contribution in [3.05, 3.63) is 54.6 Å². The number of benzene rings is 2. The third-order valence-electron chi connectivity index (χ3n) is 3.37. The summed E-state index contributed by atoms with van der Waals surface area (Å²) in [6.45, 7) is 1.28. The van der Waals surface area contributed by atoms with Crippen LogP contribution in [0, 0.1) is 0 Å². The highest BCUT2D eigenvalue weighted by atomic mass is 16.6. The van der Waals surface area contributed by atoms with Crippen molar-refractivity contribution < 1.29 is 19.1 Å². The zero-order valence-corrected chi connectivity index (χ0v) is 14.6. The van der Waals surface area contributed by atoms with Crippen molar-refractivity contribution in [1.82, 2.24) is 4.90 Å². The molecule has 0 fully saturated rings. The van der Waals surface area contributed by atoms with Gasteiger partial charge in [-0.05, 0) is 43.3 Å². The molecule has 1 atom stereocenters. The summed E-state index contributed by atoms with van der Waals surface area (Å²) in [5, 5.41) is 3.26. The van der Waals surface area contributed by atoms with Gasteiger partial charge >= 0.3 is 5.97 Å². The molecule has 2 aromatic carbocycles. The first-order valence-corrected chi connectivity index (χ1v) is 7.91. The predicted molar refractivity (Wildman–Crippen MR) is 95.9 cm³/mol. The summed E-state index contributed by atoms with van der Waals surface area (Å²) in [5.41, 5.74) is 1.89. The molecule has 132 valence electrons. The monoisotopic (exact) mass is 342 g/mol. The van der Waals surface area contributed by atoms with Crippen LogP contribution in [0.3, 0.4) is 0 Å². The zero-order chi connectivity index (χ0) is 18.2. The third-order valence-corrected chi connectivity index (χ3v) is 3.37. The van der Waals surface area contributed by atoms with Crippen molar-refractivity contribution in [3.63, 3.8) is 0 Å². The molecule has 0 unspecified atom stereocenters. The maximum absolute atomic E-state index is 11.7. The van der Waals surface area contributed by atoms with Gasteiger partial charge in [-0.3, -0.25) is 4.79 Å². The molecule has 25 heavy (non-hydrogen) atoms. The summed E-state index contributed by atoms with van der Waals surface area (Å²) < 4.78 is 10.4. The van der Waals surface area contributed by atoms with Crippen molar-refractivity contribution >= 4 is 23.3 Å². The number of ether oxygens (including phenoxy) is 2. The van der Waals surface area contributed by atoms with Crippen molar-refractivity contribution in [3.8, 4) is 5.75 Å². The van der Waals surface area contributed by atoms with Gasteiger partial charge in [0.05, 0.1) is 0 Å². The Morgan fingerprint density at radius 3 is 2.20 bits per heavy atom. The van der Waals surface area contributed by atoms with E-state index in [-0.39, 0.29) is 12.5 Å². The van der Waals surface area contributed by atoms with Gasteiger partial charge < -0.3 is 19.7 Å². The van der Waals surface area contributed by atoms with E-state index in [9.17, 15) is 9.59 Å². The smallest absolute Gasteiger partial charge is 0.344 e. The number of likely N-dealkylation sites (N-methyl/N-ethyl adjacent to an activating group) is 1. The van der Waals surface area contributed by atoms with Crippen LogP contribution in [0.15, 0.2) is 54.6 Å². The molecule has 0 aliphatic rings. The Hall–Kier alpha value is -3.02. The molecule has 2 rings (SSSR count). The van der Waals surface area contributed by atoms with E-state index in [1.807, 2.05) is 42.5 Å². The van der Waals surface area contributed by atoms with Gasteiger partial charge in [-0.25, -0.2) is 4.79 Å². The lowest BCUT2D eigenvalue weighted by Crippen LogP contribution is -2.35. The topological polar surface area (TPSA) is 67.9 Å². The maximum Gasteiger partial charge on any atom is 0.344 e. The molecule has 0 aliphatic carbocycles. The Morgan fingerprint density at radius 2 is 1.60 bits per heavy atom. The molecule has 6 nitrogen and oxygen atoms in total. The zero-order valence-electron chi connectivity index (χ0n) is 14.6. The summed E-state index contributed by atoms with van der Waals surface area (Å²) in [6.07, 6.45) is -0.830. The van der Waals surface area contributed by atoms with Gasteiger partial charge in [0.2, 0.25) is 0 Å². The van der Waals surface area contributed by atoms with Gasteiger partial charge in [0.25, 0.3) is 5.91 Å². The molecule has 1 N–H and O–H groups in total. The number of amides is 1. The fraction of sp³-hybridized carbons (Fsp3) is 0.263. The second-order valence-electron chi connectivity index (χ2n) is 5.67. The van der Waals surface area contributed by atoms with Crippen LogP contribution in [0.2, 0.25) is 0 Å². The van der Waals surface area contributed by atoms with E-state index in [2.05, 4.69) is 5.32 Å². The minimum Gasteiger partial charge on any atom is -0.482 e. The highest BCUT2D eigenvalue weighted by Crippen LogP contribution is 2.19. The number of esters is 1. The summed E-state index contributed by atoms with van der Waals surface area (Å²) in [7, 11) is 3.21. The number of carbonyl (C=O) groups is 2. The normalized spacial score (nSPS) is 11.3. The molecule has 6 heteroatoms. The molecular formula is C19H22N2O4. The first-order chi connectivity index (χ1) is 12.0. The largest absolute Gasteiger partial charge is 0.482 e. The van der Waals surface area contributed by atoms with Crippen molar-refractivity contribution in [2.45, 2.75) is 13.0 Å². The van der Waals surface area contributed by atoms with E-state index in [0.717, 1.165) is 11.4 Å². The van der Waals surface area contributed by atoms with Crippen molar-refractivity contribution in [1.29, 1.82) is 0 Å². The van der Waals surface area contributed by atoms with Crippen LogP contribution in [0.5, 0.6) is 5.75 Å². The quantitative estimate of drug-likeness (QED) is 0.784. The first-order valence-electron chi connectivity index (χ1n) is 7.91. The predicted octanol–water partition coefficient (Wildman–Crippen LogP) is 2.83. The van der Waals surface area contributed by atoms with Crippen molar-refractivity contribution in [2.75, 3.05) is 26.0 Å². The lowest BCUT2D eigenvalue weighted by atomic mass is 10.2. The number of para-hydroxylation sites is 1. The van der Waals surface area contributed by atoms with Crippen LogP contribution in [0.1, 0.15) is 6.92 Å². The average Bonchev–Trinajstić information content (AvgIpc) is 2.61. The van der Waals surface area contributed by atoms with E-state index in [0.29, 0.717) is 5.75 Å². The molecule has 1 amide bonds. The Balaban J connectivity index is 1.81. The lowest BCUT2D eigenvalue weighted by Gasteiger charge is -2.17. The SMILES string of the molecule is C[C@H](OC(=O)COc1ccc(Nc2ccccc2)cc1)C(=O)N(C)C. The Labute approximate surface area is 147 Å². The maximum atomic E-state index is 11.7. The van der Waals surface area contributed by atoms with Gasteiger partial charge in [0, 0.05) is 25.5 Å². The number of rotatable bonds is 7. The average molecular weight is 342 g/mol. The molecule has 0 saturated heterocycles. The lowest BCUT2D eigenvalue weighted by molar-refractivity contribution is -0.159. The van der Waals surface area contributed by atoms with Gasteiger partial charge in [-0.15, -0.1) is 0 Å². The number of nitrogens with one attached hydrogen (secondary N) is 1. The van der Waals surface area contributed by atoms with Crippen LogP contribution >= 0.6 is 0 Å². The highest BCUT2D eigenvalue weighted by molar-refractivity contribution is 5.83. The number of carbonyl (C=O) groups excluding carboxylic acids is 2. The highest BCUT2D eigenvalue weighted by Gasteiger charge is 2.19. The van der Waals surface area contributed by atoms with Crippen LogP contribution in [0.4, 0.5) is 11.4 Å². The van der Waals surface area contributed by atoms with Crippen LogP contribution < -0.4 is 10.1 Å². The second kappa shape index (κ2) is 8.73. The molecule has 0 saturated carbocycles. The minimum absolute atomic E-state index is 0.253. The molecule has 2 aromatic rings. The second-order valence-corrected chi connectivity index (χ2v) is 5.67. The van der Waals surface area contributed by atoms with Gasteiger partial charge in [0.1, 0.15) is 5.75 Å².